The van der Waals surface area contributed by atoms with Crippen LogP contribution in [0.1, 0.15) is 35.0 Å². The summed E-state index contributed by atoms with van der Waals surface area (Å²) in [6.45, 7) is 6.30. The summed E-state index contributed by atoms with van der Waals surface area (Å²) in [5, 5.41) is 8.36. The zero-order valence-corrected chi connectivity index (χ0v) is 11.9. The first kappa shape index (κ1) is 12.3. The van der Waals surface area contributed by atoms with Gasteiger partial charge in [0.2, 0.25) is 0 Å². The fraction of sp³-hybridized carbons (Fsp3) is 0.385. The Bertz CT molecular complexity index is 499. The minimum absolute atomic E-state index is 0.280. The van der Waals surface area contributed by atoms with Crippen LogP contribution < -0.4 is 0 Å². The van der Waals surface area contributed by atoms with Crippen molar-refractivity contribution in [3.8, 4) is 5.69 Å². The van der Waals surface area contributed by atoms with Crippen LogP contribution in [0, 0.1) is 13.8 Å². The lowest BCUT2D eigenvalue weighted by molar-refractivity contribution is 0.789. The van der Waals surface area contributed by atoms with Gasteiger partial charge in [-0.15, -0.1) is 5.10 Å². The van der Waals surface area contributed by atoms with Crippen molar-refractivity contribution >= 4 is 15.9 Å². The molecule has 90 valence electrons. The van der Waals surface area contributed by atoms with E-state index in [2.05, 4.69) is 65.2 Å². The summed E-state index contributed by atoms with van der Waals surface area (Å²) < 4.78 is 1.83. The molecule has 2 aromatic rings. The van der Waals surface area contributed by atoms with Gasteiger partial charge in [0, 0.05) is 0 Å². The van der Waals surface area contributed by atoms with Gasteiger partial charge >= 0.3 is 0 Å². The number of alkyl halides is 1. The lowest BCUT2D eigenvalue weighted by Crippen LogP contribution is -1.96. The molecule has 0 aliphatic heterocycles. The van der Waals surface area contributed by atoms with Crippen LogP contribution in [-0.4, -0.2) is 15.0 Å². The smallest absolute Gasteiger partial charge is 0.0967 e. The van der Waals surface area contributed by atoms with Gasteiger partial charge in [0.1, 0.15) is 0 Å². The number of hydrogen-bond donors (Lipinski definition) is 0. The number of rotatable bonds is 3. The second kappa shape index (κ2) is 5.00. The SMILES string of the molecule is CCC(Br)c1cn(-c2cc(C)cc(C)c2)nn1. The Morgan fingerprint density at radius 2 is 1.88 bits per heavy atom. The summed E-state index contributed by atoms with van der Waals surface area (Å²) in [7, 11) is 0. The Morgan fingerprint density at radius 3 is 2.47 bits per heavy atom. The number of nitrogens with zero attached hydrogens (tertiary/aromatic N) is 3. The van der Waals surface area contributed by atoms with Crippen LogP contribution in [-0.2, 0) is 0 Å². The van der Waals surface area contributed by atoms with Gasteiger partial charge in [0.15, 0.2) is 0 Å². The van der Waals surface area contributed by atoms with Crippen molar-refractivity contribution in [3.63, 3.8) is 0 Å². The standard InChI is InChI=1S/C13H16BrN3/c1-4-12(14)13-8-17(16-15-13)11-6-9(2)5-10(3)7-11/h5-8,12H,4H2,1-3H3. The number of aryl methyl sites for hydroxylation is 2. The van der Waals surface area contributed by atoms with Gasteiger partial charge in [-0.05, 0) is 43.5 Å². The van der Waals surface area contributed by atoms with E-state index in [-0.39, 0.29) is 4.83 Å². The average Bonchev–Trinajstić information content (AvgIpc) is 2.76. The number of halogens is 1. The molecule has 1 aromatic heterocycles. The maximum absolute atomic E-state index is 4.19. The van der Waals surface area contributed by atoms with E-state index in [4.69, 9.17) is 0 Å². The number of hydrogen-bond acceptors (Lipinski definition) is 2. The van der Waals surface area contributed by atoms with E-state index in [9.17, 15) is 0 Å². The van der Waals surface area contributed by atoms with Crippen LogP contribution in [0.4, 0.5) is 0 Å². The second-order valence-corrected chi connectivity index (χ2v) is 5.41. The highest BCUT2D eigenvalue weighted by atomic mass is 79.9. The van der Waals surface area contributed by atoms with Crippen LogP contribution in [0.25, 0.3) is 5.69 Å². The van der Waals surface area contributed by atoms with Crippen molar-refractivity contribution in [3.05, 3.63) is 41.2 Å². The normalized spacial score (nSPS) is 12.7. The molecular formula is C13H16BrN3. The average molecular weight is 294 g/mol. The van der Waals surface area contributed by atoms with Gasteiger partial charge in [-0.2, -0.15) is 0 Å². The van der Waals surface area contributed by atoms with E-state index in [1.807, 2.05) is 10.9 Å². The molecule has 1 aromatic carbocycles. The molecule has 0 saturated carbocycles. The molecule has 0 saturated heterocycles. The molecule has 1 unspecified atom stereocenters. The molecule has 0 aliphatic rings. The van der Waals surface area contributed by atoms with Gasteiger partial charge in [-0.3, -0.25) is 0 Å². The van der Waals surface area contributed by atoms with E-state index < -0.39 is 0 Å². The van der Waals surface area contributed by atoms with Gasteiger partial charge in [-0.25, -0.2) is 4.68 Å². The van der Waals surface area contributed by atoms with Gasteiger partial charge in [-0.1, -0.05) is 34.1 Å². The maximum Gasteiger partial charge on any atom is 0.0967 e. The fourth-order valence-corrected chi connectivity index (χ4v) is 2.05. The molecule has 0 N–H and O–H groups in total. The highest BCUT2D eigenvalue weighted by Crippen LogP contribution is 2.24. The molecule has 3 nitrogen and oxygen atoms in total. The predicted octanol–water partition coefficient (Wildman–Crippen LogP) is 3.73. The summed E-state index contributed by atoms with van der Waals surface area (Å²) in [6, 6.07) is 6.38. The zero-order chi connectivity index (χ0) is 12.4. The van der Waals surface area contributed by atoms with Crippen molar-refractivity contribution in [2.24, 2.45) is 0 Å². The molecule has 0 radical (unpaired) electrons. The Hall–Kier alpha value is -1.16. The molecule has 0 bridgehead atoms. The summed E-state index contributed by atoms with van der Waals surface area (Å²) >= 11 is 3.58. The predicted molar refractivity (Wildman–Crippen MR) is 72.8 cm³/mol. The van der Waals surface area contributed by atoms with Crippen LogP contribution >= 0.6 is 15.9 Å². The lowest BCUT2D eigenvalue weighted by Gasteiger charge is -2.04. The molecule has 2 rings (SSSR count). The Balaban J connectivity index is 2.36. The van der Waals surface area contributed by atoms with Gasteiger partial charge in [0.25, 0.3) is 0 Å². The summed E-state index contributed by atoms with van der Waals surface area (Å²) in [5.74, 6) is 0. The molecule has 0 aliphatic carbocycles. The summed E-state index contributed by atoms with van der Waals surface area (Å²) in [6.07, 6.45) is 2.99. The highest BCUT2D eigenvalue weighted by molar-refractivity contribution is 9.09. The third-order valence-electron chi connectivity index (χ3n) is 2.66. The third kappa shape index (κ3) is 2.75. The molecule has 4 heteroatoms. The van der Waals surface area contributed by atoms with Crippen LogP contribution in [0.5, 0.6) is 0 Å². The Morgan fingerprint density at radius 1 is 1.24 bits per heavy atom. The van der Waals surface area contributed by atoms with E-state index in [1.165, 1.54) is 11.1 Å². The van der Waals surface area contributed by atoms with E-state index in [0.29, 0.717) is 0 Å². The van der Waals surface area contributed by atoms with E-state index >= 15 is 0 Å². The molecule has 1 heterocycles. The van der Waals surface area contributed by atoms with Crippen molar-refractivity contribution in [2.75, 3.05) is 0 Å². The Labute approximate surface area is 110 Å². The Kier molecular flexibility index (Phi) is 3.62. The fourth-order valence-electron chi connectivity index (χ4n) is 1.84. The summed E-state index contributed by atoms with van der Waals surface area (Å²) in [5.41, 5.74) is 4.52. The van der Waals surface area contributed by atoms with E-state index in [1.54, 1.807) is 0 Å². The summed E-state index contributed by atoms with van der Waals surface area (Å²) in [4.78, 5) is 0.280. The number of benzene rings is 1. The molecule has 0 fully saturated rings. The first-order valence-electron chi connectivity index (χ1n) is 5.75. The molecular weight excluding hydrogens is 278 g/mol. The quantitative estimate of drug-likeness (QED) is 0.808. The van der Waals surface area contributed by atoms with Crippen molar-refractivity contribution in [2.45, 2.75) is 32.0 Å². The maximum atomic E-state index is 4.19. The molecule has 17 heavy (non-hydrogen) atoms. The van der Waals surface area contributed by atoms with Crippen molar-refractivity contribution in [1.82, 2.24) is 15.0 Å². The number of aromatic nitrogens is 3. The van der Waals surface area contributed by atoms with Crippen molar-refractivity contribution in [1.29, 1.82) is 0 Å². The van der Waals surface area contributed by atoms with Crippen LogP contribution in [0.15, 0.2) is 24.4 Å². The second-order valence-electron chi connectivity index (χ2n) is 4.31. The van der Waals surface area contributed by atoms with Crippen LogP contribution in [0.2, 0.25) is 0 Å². The first-order chi connectivity index (χ1) is 8.10. The zero-order valence-electron chi connectivity index (χ0n) is 10.3. The van der Waals surface area contributed by atoms with Gasteiger partial charge < -0.3 is 0 Å². The molecule has 0 spiro atoms. The third-order valence-corrected chi connectivity index (χ3v) is 3.78. The topological polar surface area (TPSA) is 30.7 Å². The minimum atomic E-state index is 0.280. The molecule has 0 amide bonds. The minimum Gasteiger partial charge on any atom is -0.220 e. The van der Waals surface area contributed by atoms with Crippen LogP contribution in [0.3, 0.4) is 0 Å². The van der Waals surface area contributed by atoms with Crippen molar-refractivity contribution < 1.29 is 0 Å². The van der Waals surface area contributed by atoms with E-state index in [0.717, 1.165) is 17.8 Å². The monoisotopic (exact) mass is 293 g/mol. The largest absolute Gasteiger partial charge is 0.220 e. The lowest BCUT2D eigenvalue weighted by atomic mass is 10.1. The highest BCUT2D eigenvalue weighted by Gasteiger charge is 2.10. The first-order valence-corrected chi connectivity index (χ1v) is 6.66. The molecule has 1 atom stereocenters. The van der Waals surface area contributed by atoms with Gasteiger partial charge in [0.05, 0.1) is 22.4 Å².